The van der Waals surface area contributed by atoms with Crippen molar-refractivity contribution in [2.75, 3.05) is 12.3 Å². The molecule has 0 aliphatic rings. The molecule has 2 aromatic rings. The molecule has 2 rings (SSSR count). The smallest absolute Gasteiger partial charge is 0.398 e. The first-order valence-corrected chi connectivity index (χ1v) is 9.98. The zero-order valence-electron chi connectivity index (χ0n) is 16.3. The van der Waals surface area contributed by atoms with Gasteiger partial charge in [-0.05, 0) is 54.6 Å². The van der Waals surface area contributed by atoms with E-state index in [1.807, 2.05) is 0 Å². The Labute approximate surface area is 176 Å². The summed E-state index contributed by atoms with van der Waals surface area (Å²) in [5, 5.41) is 5.33. The van der Waals surface area contributed by atoms with Gasteiger partial charge >= 0.3 is 12.2 Å². The Kier molecular flexibility index (Phi) is 8.40. The van der Waals surface area contributed by atoms with Crippen molar-refractivity contribution in [1.29, 1.82) is 0 Å². The Morgan fingerprint density at radius 1 is 1.13 bits per heavy atom. The first-order valence-electron chi connectivity index (χ1n) is 9.16. The van der Waals surface area contributed by atoms with Crippen LogP contribution >= 0.6 is 11.9 Å². The van der Waals surface area contributed by atoms with E-state index >= 15 is 0 Å². The second kappa shape index (κ2) is 10.8. The molecule has 6 nitrogen and oxygen atoms in total. The van der Waals surface area contributed by atoms with Crippen molar-refractivity contribution in [2.45, 2.75) is 36.9 Å². The van der Waals surface area contributed by atoms with Crippen molar-refractivity contribution in [3.8, 4) is 0 Å². The minimum atomic E-state index is -4.49. The molecule has 30 heavy (non-hydrogen) atoms. The molecule has 0 aromatic heterocycles. The number of hydrogen-bond donors (Lipinski definition) is 4. The number of urea groups is 1. The summed E-state index contributed by atoms with van der Waals surface area (Å²) < 4.78 is 41.8. The van der Waals surface area contributed by atoms with Crippen molar-refractivity contribution in [2.24, 2.45) is 0 Å². The normalized spacial score (nSPS) is 12.1. The second-order valence-electron chi connectivity index (χ2n) is 6.52. The summed E-state index contributed by atoms with van der Waals surface area (Å²) >= 11 is 1.01. The number of anilines is 1. The molecule has 3 amide bonds. The molecule has 0 aliphatic heterocycles. The fraction of sp³-hybridized carbons (Fsp3) is 0.300. The van der Waals surface area contributed by atoms with Crippen molar-refractivity contribution >= 4 is 29.6 Å². The number of benzene rings is 2. The Morgan fingerprint density at radius 2 is 1.87 bits per heavy atom. The van der Waals surface area contributed by atoms with Gasteiger partial charge in [-0.25, -0.2) is 4.79 Å². The highest BCUT2D eigenvalue weighted by Crippen LogP contribution is 2.31. The number of alkyl halides is 3. The van der Waals surface area contributed by atoms with Gasteiger partial charge in [0.2, 0.25) is 5.91 Å². The van der Waals surface area contributed by atoms with Crippen molar-refractivity contribution < 1.29 is 22.8 Å². The molecule has 0 saturated carbocycles. The van der Waals surface area contributed by atoms with E-state index in [4.69, 9.17) is 5.73 Å². The monoisotopic (exact) mass is 440 g/mol. The standard InChI is InChI=1S/C20H23F3N4O2S/c1-13(28)25-11-5-9-17(14-6-4-7-15(12-14)20(21,22)23)26-19(29)27-30-18-10-3-2-8-16(18)24/h2-4,6-8,10,12,17H,5,9,11,24H2,1H3,(H,25,28)(H2,26,27,29). The van der Waals surface area contributed by atoms with E-state index in [9.17, 15) is 22.8 Å². The number of hydrogen-bond acceptors (Lipinski definition) is 4. The van der Waals surface area contributed by atoms with Crippen LogP contribution in [0, 0.1) is 0 Å². The third kappa shape index (κ3) is 7.51. The minimum absolute atomic E-state index is 0.201. The maximum atomic E-state index is 13.1. The Hall–Kier alpha value is -2.88. The van der Waals surface area contributed by atoms with Gasteiger partial charge in [0.25, 0.3) is 0 Å². The number of nitrogens with two attached hydrogens (primary N) is 1. The van der Waals surface area contributed by atoms with Crippen LogP contribution in [0.25, 0.3) is 0 Å². The van der Waals surface area contributed by atoms with E-state index in [-0.39, 0.29) is 5.91 Å². The molecule has 162 valence electrons. The number of carbonyl (C=O) groups excluding carboxylic acids is 2. The summed E-state index contributed by atoms with van der Waals surface area (Å²) in [6.45, 7) is 1.73. The fourth-order valence-corrected chi connectivity index (χ4v) is 3.28. The SMILES string of the molecule is CC(=O)NCCCC(NC(=O)NSc1ccccc1N)c1cccc(C(F)(F)F)c1. The average Bonchev–Trinajstić information content (AvgIpc) is 2.69. The van der Waals surface area contributed by atoms with Crippen LogP contribution in [0.1, 0.15) is 36.9 Å². The van der Waals surface area contributed by atoms with Gasteiger partial charge in [-0.15, -0.1) is 0 Å². The number of amides is 3. The quantitative estimate of drug-likeness (QED) is 0.280. The summed E-state index contributed by atoms with van der Waals surface area (Å²) in [5.74, 6) is -0.201. The first kappa shape index (κ1) is 23.4. The highest BCUT2D eigenvalue weighted by Gasteiger charge is 2.31. The molecule has 0 heterocycles. The largest absolute Gasteiger partial charge is 0.416 e. The summed E-state index contributed by atoms with van der Waals surface area (Å²) in [6, 6.07) is 10.5. The van der Waals surface area contributed by atoms with E-state index < -0.39 is 23.8 Å². The molecule has 0 radical (unpaired) electrons. The lowest BCUT2D eigenvalue weighted by atomic mass is 9.99. The highest BCUT2D eigenvalue weighted by molar-refractivity contribution is 7.98. The van der Waals surface area contributed by atoms with Gasteiger partial charge in [-0.2, -0.15) is 13.2 Å². The maximum Gasteiger partial charge on any atom is 0.416 e. The maximum absolute atomic E-state index is 13.1. The van der Waals surface area contributed by atoms with Crippen molar-refractivity contribution in [3.63, 3.8) is 0 Å². The molecule has 0 saturated heterocycles. The van der Waals surface area contributed by atoms with Gasteiger partial charge < -0.3 is 16.4 Å². The van der Waals surface area contributed by atoms with Crippen molar-refractivity contribution in [3.05, 3.63) is 59.7 Å². The Balaban J connectivity index is 2.08. The van der Waals surface area contributed by atoms with E-state index in [0.717, 1.165) is 24.1 Å². The summed E-state index contributed by atoms with van der Waals surface area (Å²) in [4.78, 5) is 24.0. The predicted octanol–water partition coefficient (Wildman–Crippen LogP) is 4.25. The van der Waals surface area contributed by atoms with Gasteiger partial charge in [-0.1, -0.05) is 24.3 Å². The van der Waals surface area contributed by atoms with E-state index in [1.54, 1.807) is 24.3 Å². The predicted molar refractivity (Wildman–Crippen MR) is 110 cm³/mol. The van der Waals surface area contributed by atoms with Crippen LogP contribution < -0.4 is 21.1 Å². The summed E-state index contributed by atoms with van der Waals surface area (Å²) in [5.41, 5.74) is 5.86. The lowest BCUT2D eigenvalue weighted by Gasteiger charge is -2.21. The number of carbonyl (C=O) groups is 2. The van der Waals surface area contributed by atoms with Gasteiger partial charge in [0.15, 0.2) is 0 Å². The minimum Gasteiger partial charge on any atom is -0.398 e. The van der Waals surface area contributed by atoms with Crippen LogP contribution in [0.4, 0.5) is 23.7 Å². The van der Waals surface area contributed by atoms with Gasteiger partial charge in [0.1, 0.15) is 0 Å². The molecular weight excluding hydrogens is 417 g/mol. The van der Waals surface area contributed by atoms with Crippen LogP contribution in [-0.4, -0.2) is 18.5 Å². The van der Waals surface area contributed by atoms with Crippen molar-refractivity contribution in [1.82, 2.24) is 15.4 Å². The lowest BCUT2D eigenvalue weighted by molar-refractivity contribution is -0.137. The van der Waals surface area contributed by atoms with Crippen LogP contribution in [0.5, 0.6) is 0 Å². The molecule has 10 heteroatoms. The molecule has 0 spiro atoms. The molecule has 0 bridgehead atoms. The molecule has 2 aromatic carbocycles. The lowest BCUT2D eigenvalue weighted by Crippen LogP contribution is -2.35. The highest BCUT2D eigenvalue weighted by atomic mass is 32.2. The van der Waals surface area contributed by atoms with Crippen LogP contribution in [0.2, 0.25) is 0 Å². The molecular formula is C20H23F3N4O2S. The molecule has 0 aliphatic carbocycles. The third-order valence-electron chi connectivity index (χ3n) is 4.14. The zero-order valence-corrected chi connectivity index (χ0v) is 17.1. The average molecular weight is 440 g/mol. The van der Waals surface area contributed by atoms with E-state index in [2.05, 4.69) is 15.4 Å². The van der Waals surface area contributed by atoms with E-state index in [1.165, 1.54) is 19.1 Å². The zero-order chi connectivity index (χ0) is 22.1. The Bertz CT molecular complexity index is 877. The topological polar surface area (TPSA) is 96.2 Å². The number of halogens is 3. The molecule has 5 N–H and O–H groups in total. The first-order chi connectivity index (χ1) is 14.2. The van der Waals surface area contributed by atoms with Crippen LogP contribution in [-0.2, 0) is 11.0 Å². The van der Waals surface area contributed by atoms with Gasteiger partial charge in [-0.3, -0.25) is 9.52 Å². The van der Waals surface area contributed by atoms with Gasteiger partial charge in [0, 0.05) is 19.2 Å². The number of rotatable bonds is 8. The number of nitrogen functional groups attached to an aromatic ring is 1. The molecule has 0 fully saturated rings. The second-order valence-corrected chi connectivity index (χ2v) is 7.36. The van der Waals surface area contributed by atoms with Gasteiger partial charge in [0.05, 0.1) is 16.5 Å². The summed E-state index contributed by atoms with van der Waals surface area (Å²) in [6.07, 6.45) is -3.67. The van der Waals surface area contributed by atoms with Crippen LogP contribution in [0.15, 0.2) is 53.4 Å². The third-order valence-corrected chi connectivity index (χ3v) is 5.02. The van der Waals surface area contributed by atoms with Crippen LogP contribution in [0.3, 0.4) is 0 Å². The number of para-hydroxylation sites is 1. The molecule has 1 unspecified atom stereocenters. The Morgan fingerprint density at radius 3 is 2.53 bits per heavy atom. The molecule has 1 atom stereocenters. The fourth-order valence-electron chi connectivity index (χ4n) is 2.69. The summed E-state index contributed by atoms with van der Waals surface area (Å²) in [7, 11) is 0. The number of nitrogens with one attached hydrogen (secondary N) is 3. The van der Waals surface area contributed by atoms with E-state index in [0.29, 0.717) is 35.5 Å².